The van der Waals surface area contributed by atoms with Crippen LogP contribution in [-0.4, -0.2) is 65.5 Å². The maximum absolute atomic E-state index is 14.1. The number of carbonyl (C=O) groups excluding carboxylic acids is 5. The molecule has 1 fully saturated rings. The van der Waals surface area contributed by atoms with Crippen LogP contribution in [0.5, 0.6) is 0 Å². The van der Waals surface area contributed by atoms with Crippen molar-refractivity contribution >= 4 is 29.8 Å². The molecule has 1 aliphatic carbocycles. The van der Waals surface area contributed by atoms with Crippen molar-refractivity contribution in [1.29, 1.82) is 0 Å². The Morgan fingerprint density at radius 2 is 1.77 bits per heavy atom. The monoisotopic (exact) mass is 546 g/mol. The molecular formula is C28H42N4O7. The largest absolute Gasteiger partial charge is 0.466 e. The number of carbonyl (C=O) groups is 5. The van der Waals surface area contributed by atoms with E-state index in [1.807, 2.05) is 26.0 Å². The maximum Gasteiger partial charge on any atom is 0.408 e. The maximum atomic E-state index is 14.1. The van der Waals surface area contributed by atoms with Gasteiger partial charge in [-0.3, -0.25) is 19.2 Å². The van der Waals surface area contributed by atoms with Crippen molar-refractivity contribution in [3.05, 3.63) is 34.9 Å². The van der Waals surface area contributed by atoms with E-state index in [4.69, 9.17) is 15.2 Å². The Morgan fingerprint density at radius 1 is 1.10 bits per heavy atom. The lowest BCUT2D eigenvalue weighted by Crippen LogP contribution is -2.54. The Bertz CT molecular complexity index is 1060. The average Bonchev–Trinajstić information content (AvgIpc) is 3.65. The lowest BCUT2D eigenvalue weighted by molar-refractivity contribution is -0.145. The predicted octanol–water partition coefficient (Wildman–Crippen LogP) is 2.56. The van der Waals surface area contributed by atoms with E-state index >= 15 is 0 Å². The molecule has 4 N–H and O–H groups in total. The third kappa shape index (κ3) is 9.88. The van der Waals surface area contributed by atoms with E-state index in [1.165, 1.54) is 4.90 Å². The van der Waals surface area contributed by atoms with Crippen molar-refractivity contribution in [2.24, 2.45) is 5.73 Å². The van der Waals surface area contributed by atoms with E-state index in [1.54, 1.807) is 33.8 Å². The minimum atomic E-state index is -1.15. The number of hydrogen-bond acceptors (Lipinski definition) is 7. The molecule has 4 amide bonds. The minimum absolute atomic E-state index is 0.0160. The number of amides is 4. The van der Waals surface area contributed by atoms with Crippen LogP contribution in [-0.2, 0) is 28.7 Å². The van der Waals surface area contributed by atoms with Gasteiger partial charge < -0.3 is 30.7 Å². The highest BCUT2D eigenvalue weighted by atomic mass is 16.6. The van der Waals surface area contributed by atoms with Crippen LogP contribution >= 0.6 is 0 Å². The molecule has 0 bridgehead atoms. The second-order valence-corrected chi connectivity index (χ2v) is 10.7. The Balaban J connectivity index is 2.44. The zero-order valence-electron chi connectivity index (χ0n) is 23.8. The number of nitrogens with one attached hydrogen (secondary N) is 2. The number of benzene rings is 1. The lowest BCUT2D eigenvalue weighted by atomic mass is 9.94. The van der Waals surface area contributed by atoms with Gasteiger partial charge in [0.2, 0.25) is 17.7 Å². The summed E-state index contributed by atoms with van der Waals surface area (Å²) in [5.41, 5.74) is 6.96. The molecule has 0 aliphatic heterocycles. The van der Waals surface area contributed by atoms with Crippen LogP contribution in [0.1, 0.15) is 82.5 Å². The second-order valence-electron chi connectivity index (χ2n) is 10.7. The van der Waals surface area contributed by atoms with Crippen LogP contribution in [0, 0.1) is 13.8 Å². The number of nitrogens with two attached hydrogens (primary N) is 1. The number of hydrogen-bond donors (Lipinski definition) is 3. The molecule has 39 heavy (non-hydrogen) atoms. The van der Waals surface area contributed by atoms with Crippen LogP contribution in [0.15, 0.2) is 18.2 Å². The highest BCUT2D eigenvalue weighted by molar-refractivity contribution is 5.93. The minimum Gasteiger partial charge on any atom is -0.466 e. The Labute approximate surface area is 230 Å². The van der Waals surface area contributed by atoms with Gasteiger partial charge in [0.1, 0.15) is 17.7 Å². The van der Waals surface area contributed by atoms with Crippen LogP contribution in [0.4, 0.5) is 4.79 Å². The van der Waals surface area contributed by atoms with Gasteiger partial charge in [0.25, 0.3) is 0 Å². The molecule has 1 saturated carbocycles. The van der Waals surface area contributed by atoms with Gasteiger partial charge in [0.15, 0.2) is 0 Å². The molecule has 1 aromatic rings. The van der Waals surface area contributed by atoms with Crippen molar-refractivity contribution < 1.29 is 33.4 Å². The Morgan fingerprint density at radius 3 is 2.33 bits per heavy atom. The Hall–Kier alpha value is -3.63. The van der Waals surface area contributed by atoms with Gasteiger partial charge >= 0.3 is 12.1 Å². The first-order valence-corrected chi connectivity index (χ1v) is 13.3. The molecule has 1 aromatic carbocycles. The molecule has 11 nitrogen and oxygen atoms in total. The molecule has 1 aliphatic rings. The average molecular weight is 547 g/mol. The number of primary amides is 1. The highest BCUT2D eigenvalue weighted by Crippen LogP contribution is 2.37. The van der Waals surface area contributed by atoms with Gasteiger partial charge in [0, 0.05) is 19.0 Å². The van der Waals surface area contributed by atoms with E-state index in [0.29, 0.717) is 18.4 Å². The number of nitrogens with zero attached hydrogens (tertiary/aromatic N) is 1. The summed E-state index contributed by atoms with van der Waals surface area (Å²) in [6.45, 7) is 10.8. The number of esters is 1. The first kappa shape index (κ1) is 31.6. The number of alkyl carbamates (subject to hydrolysis) is 1. The lowest BCUT2D eigenvalue weighted by Gasteiger charge is -2.35. The van der Waals surface area contributed by atoms with E-state index in [-0.39, 0.29) is 38.5 Å². The third-order valence-electron chi connectivity index (χ3n) is 6.26. The molecule has 216 valence electrons. The summed E-state index contributed by atoms with van der Waals surface area (Å²) in [5.74, 6) is -2.04. The van der Waals surface area contributed by atoms with Crippen LogP contribution in [0.3, 0.4) is 0 Å². The summed E-state index contributed by atoms with van der Waals surface area (Å²) in [6, 6.07) is 3.11. The normalized spacial score (nSPS) is 14.5. The zero-order valence-corrected chi connectivity index (χ0v) is 23.8. The molecule has 2 rings (SSSR count). The predicted molar refractivity (Wildman–Crippen MR) is 144 cm³/mol. The van der Waals surface area contributed by atoms with Crippen LogP contribution < -0.4 is 16.4 Å². The van der Waals surface area contributed by atoms with Crippen molar-refractivity contribution in [2.45, 2.75) is 97.4 Å². The van der Waals surface area contributed by atoms with Gasteiger partial charge in [-0.25, -0.2) is 4.79 Å². The van der Waals surface area contributed by atoms with E-state index in [2.05, 4.69) is 10.6 Å². The number of rotatable bonds is 13. The molecule has 0 saturated heterocycles. The fourth-order valence-corrected chi connectivity index (χ4v) is 4.15. The van der Waals surface area contributed by atoms with Crippen molar-refractivity contribution in [1.82, 2.24) is 15.5 Å². The summed E-state index contributed by atoms with van der Waals surface area (Å²) in [6.07, 6.45) is 0.322. The summed E-state index contributed by atoms with van der Waals surface area (Å²) in [5, 5.41) is 5.36. The van der Waals surface area contributed by atoms with Crippen molar-refractivity contribution in [3.8, 4) is 0 Å². The van der Waals surface area contributed by atoms with Gasteiger partial charge in [0.05, 0.1) is 13.0 Å². The van der Waals surface area contributed by atoms with Crippen molar-refractivity contribution in [3.63, 3.8) is 0 Å². The molecule has 0 aromatic heterocycles. The standard InChI is InChI=1S/C28H42N4O7/c1-7-38-23(34)15-16-30-25(35)24(20-10-8-9-17(2)18(20)3)32(19-11-12-19)26(36)21(13-14-22(29)33)31-27(37)39-28(4,5)6/h8-10,19,21,24H,7,11-16H2,1-6H3,(H2,29,33)(H,30,35)(H,31,37). The van der Waals surface area contributed by atoms with Gasteiger partial charge in [-0.15, -0.1) is 0 Å². The van der Waals surface area contributed by atoms with Crippen LogP contribution in [0.25, 0.3) is 0 Å². The number of ether oxygens (including phenoxy) is 2. The molecule has 0 heterocycles. The SMILES string of the molecule is CCOC(=O)CCNC(=O)C(c1cccc(C)c1C)N(C(=O)C(CCC(N)=O)NC(=O)OC(C)(C)C)C1CC1. The topological polar surface area (TPSA) is 157 Å². The fraction of sp³-hybridized carbons (Fsp3) is 0.607. The quantitative estimate of drug-likeness (QED) is 0.321. The molecular weight excluding hydrogens is 504 g/mol. The highest BCUT2D eigenvalue weighted by Gasteiger charge is 2.44. The van der Waals surface area contributed by atoms with E-state index in [9.17, 15) is 24.0 Å². The second kappa shape index (κ2) is 14.0. The first-order chi connectivity index (χ1) is 18.2. The zero-order chi connectivity index (χ0) is 29.3. The van der Waals surface area contributed by atoms with E-state index in [0.717, 1.165) is 11.1 Å². The van der Waals surface area contributed by atoms with Crippen LogP contribution in [0.2, 0.25) is 0 Å². The first-order valence-electron chi connectivity index (χ1n) is 13.3. The van der Waals surface area contributed by atoms with E-state index < -0.39 is 47.5 Å². The van der Waals surface area contributed by atoms with Gasteiger partial charge in [-0.2, -0.15) is 0 Å². The van der Waals surface area contributed by atoms with Crippen molar-refractivity contribution in [2.75, 3.05) is 13.2 Å². The summed E-state index contributed by atoms with van der Waals surface area (Å²) in [4.78, 5) is 65.2. The molecule has 2 atom stereocenters. The summed E-state index contributed by atoms with van der Waals surface area (Å²) >= 11 is 0. The molecule has 0 spiro atoms. The number of aryl methyl sites for hydroxylation is 1. The van der Waals surface area contributed by atoms with Gasteiger partial charge in [-0.1, -0.05) is 18.2 Å². The summed E-state index contributed by atoms with van der Waals surface area (Å²) in [7, 11) is 0. The molecule has 2 unspecified atom stereocenters. The third-order valence-corrected chi connectivity index (χ3v) is 6.26. The van der Waals surface area contributed by atoms with Gasteiger partial charge in [-0.05, 0) is 77.5 Å². The Kier molecular flexibility index (Phi) is 11.3. The summed E-state index contributed by atoms with van der Waals surface area (Å²) < 4.78 is 10.3. The smallest absolute Gasteiger partial charge is 0.408 e. The molecule has 11 heteroatoms. The molecule has 0 radical (unpaired) electrons. The fourth-order valence-electron chi connectivity index (χ4n) is 4.15.